The molecule has 6 rings (SSSR count). The van der Waals surface area contributed by atoms with Crippen LogP contribution in [0.15, 0.2) is 42.5 Å². The largest absolute Gasteiger partial charge is 0.375 e. The lowest BCUT2D eigenvalue weighted by molar-refractivity contribution is -0.138. The number of nitrogens with two attached hydrogens (primary N) is 1. The van der Waals surface area contributed by atoms with Crippen molar-refractivity contribution in [1.29, 1.82) is 5.41 Å². The molecule has 280 valence electrons. The van der Waals surface area contributed by atoms with Crippen LogP contribution in [0.4, 0.5) is 4.39 Å². The number of likely N-dealkylation sites (tertiary alicyclic amines) is 2. The van der Waals surface area contributed by atoms with E-state index in [1.54, 1.807) is 34.1 Å². The van der Waals surface area contributed by atoms with E-state index < -0.39 is 17.6 Å². The highest BCUT2D eigenvalue weighted by atomic mass is 19.1. The number of benzene rings is 2. The minimum atomic E-state index is -0.644. The van der Waals surface area contributed by atoms with E-state index in [9.17, 15) is 23.6 Å². The van der Waals surface area contributed by atoms with Gasteiger partial charge in [0.2, 0.25) is 17.7 Å². The first-order valence-electron chi connectivity index (χ1n) is 19.1. The Balaban J connectivity index is 0.901. The minimum Gasteiger partial charge on any atom is -0.375 e. The Hall–Kier alpha value is -4.16. The smallest absolute Gasteiger partial charge is 0.256 e. The molecular weight excluding hydrogens is 663 g/mol. The first kappa shape index (κ1) is 37.6. The summed E-state index contributed by atoms with van der Waals surface area (Å²) in [5, 5.41) is 8.54. The van der Waals surface area contributed by atoms with E-state index in [1.807, 2.05) is 4.90 Å². The Morgan fingerprint density at radius 2 is 1.31 bits per heavy atom. The van der Waals surface area contributed by atoms with Crippen molar-refractivity contribution in [1.82, 2.24) is 19.6 Å². The summed E-state index contributed by atoms with van der Waals surface area (Å²) in [6.45, 7) is 4.82. The van der Waals surface area contributed by atoms with Gasteiger partial charge in [-0.2, -0.15) is 0 Å². The number of hydrogen-bond acceptors (Lipinski definition) is 7. The second-order valence-electron chi connectivity index (χ2n) is 15.0. The quantitative estimate of drug-likeness (QED) is 0.333. The summed E-state index contributed by atoms with van der Waals surface area (Å²) in [5.41, 5.74) is 6.74. The van der Waals surface area contributed by atoms with Crippen molar-refractivity contribution in [2.24, 2.45) is 11.7 Å². The zero-order valence-corrected chi connectivity index (χ0v) is 30.2. The van der Waals surface area contributed by atoms with Gasteiger partial charge >= 0.3 is 0 Å². The van der Waals surface area contributed by atoms with Gasteiger partial charge in [-0.05, 0) is 68.2 Å². The highest BCUT2D eigenvalue weighted by Gasteiger charge is 2.31. The van der Waals surface area contributed by atoms with Crippen LogP contribution in [-0.2, 0) is 20.7 Å². The van der Waals surface area contributed by atoms with E-state index in [2.05, 4.69) is 4.90 Å². The number of halogens is 1. The van der Waals surface area contributed by atoms with Crippen molar-refractivity contribution in [3.05, 3.63) is 70.5 Å². The number of piperazine rings is 1. The molecule has 0 atom stereocenters. The van der Waals surface area contributed by atoms with Crippen LogP contribution in [0.3, 0.4) is 0 Å². The average molecular weight is 717 g/mol. The van der Waals surface area contributed by atoms with Crippen molar-refractivity contribution in [3.8, 4) is 0 Å². The van der Waals surface area contributed by atoms with E-state index in [4.69, 9.17) is 15.9 Å². The van der Waals surface area contributed by atoms with E-state index in [1.165, 1.54) is 50.3 Å². The molecule has 0 spiro atoms. The number of piperidine rings is 2. The molecule has 2 aromatic carbocycles. The first-order valence-corrected chi connectivity index (χ1v) is 19.1. The van der Waals surface area contributed by atoms with Crippen LogP contribution in [-0.4, -0.2) is 120 Å². The van der Waals surface area contributed by atoms with Gasteiger partial charge in [0.25, 0.3) is 5.91 Å². The predicted octanol–water partition coefficient (Wildman–Crippen LogP) is 4.26. The number of hydrogen-bond donors (Lipinski definition) is 2. The molecule has 3 saturated heterocycles. The maximum absolute atomic E-state index is 14.9. The van der Waals surface area contributed by atoms with Crippen LogP contribution >= 0.6 is 0 Å². The number of primary amides is 1. The molecule has 4 fully saturated rings. The van der Waals surface area contributed by atoms with E-state index >= 15 is 0 Å². The van der Waals surface area contributed by atoms with Gasteiger partial charge < -0.3 is 30.6 Å². The second-order valence-corrected chi connectivity index (χ2v) is 15.0. The van der Waals surface area contributed by atoms with E-state index in [0.717, 1.165) is 51.9 Å². The van der Waals surface area contributed by atoms with Crippen LogP contribution in [0, 0.1) is 17.1 Å². The normalized spacial score (nSPS) is 19.8. The molecule has 0 unspecified atom stereocenters. The van der Waals surface area contributed by atoms with Gasteiger partial charge in [-0.1, -0.05) is 43.5 Å². The zero-order chi connectivity index (χ0) is 36.6. The lowest BCUT2D eigenvalue weighted by Crippen LogP contribution is -2.53. The fourth-order valence-electron chi connectivity index (χ4n) is 8.21. The Bertz CT molecular complexity index is 1610. The average Bonchev–Trinajstić information content (AvgIpc) is 3.16. The van der Waals surface area contributed by atoms with E-state index in [0.29, 0.717) is 62.1 Å². The third-order valence-corrected chi connectivity index (χ3v) is 11.3. The summed E-state index contributed by atoms with van der Waals surface area (Å²) >= 11 is 0. The zero-order valence-electron chi connectivity index (χ0n) is 30.2. The Morgan fingerprint density at radius 1 is 0.712 bits per heavy atom. The highest BCUT2D eigenvalue weighted by Crippen LogP contribution is 2.28. The van der Waals surface area contributed by atoms with Crippen LogP contribution < -0.4 is 5.73 Å². The number of ether oxygens (including phenoxy) is 1. The summed E-state index contributed by atoms with van der Waals surface area (Å²) in [5.74, 6) is -0.818. The van der Waals surface area contributed by atoms with E-state index in [-0.39, 0.29) is 41.4 Å². The molecule has 3 heterocycles. The van der Waals surface area contributed by atoms with Gasteiger partial charge in [0.1, 0.15) is 5.82 Å². The SMILES string of the molecule is N=C(Cc1ccc(F)c(C(=O)N2CCN(C(=O)CN3CCC(OC4CCN(C(=O)CC5CCCCC5)CC4)CC3)CC2)c1)c1ccccc1C(N)=O. The molecule has 1 saturated carbocycles. The third kappa shape index (κ3) is 9.63. The Morgan fingerprint density at radius 3 is 1.96 bits per heavy atom. The van der Waals surface area contributed by atoms with Crippen molar-refractivity contribution in [2.45, 2.75) is 82.8 Å². The fourth-order valence-corrected chi connectivity index (χ4v) is 8.21. The molecule has 0 aromatic heterocycles. The number of carbonyl (C=O) groups excluding carboxylic acids is 4. The molecular formula is C40H53FN6O5. The molecule has 4 aliphatic rings. The molecule has 12 heteroatoms. The van der Waals surface area contributed by atoms with Gasteiger partial charge in [0.05, 0.1) is 24.3 Å². The monoisotopic (exact) mass is 716 g/mol. The molecule has 2 aromatic rings. The summed E-state index contributed by atoms with van der Waals surface area (Å²) in [7, 11) is 0. The first-order chi connectivity index (χ1) is 25.1. The summed E-state index contributed by atoms with van der Waals surface area (Å²) < 4.78 is 21.4. The summed E-state index contributed by atoms with van der Waals surface area (Å²) in [4.78, 5) is 58.8. The van der Waals surface area contributed by atoms with Gasteiger partial charge in [-0.3, -0.25) is 24.1 Å². The third-order valence-electron chi connectivity index (χ3n) is 11.3. The number of carbonyl (C=O) groups is 4. The van der Waals surface area contributed by atoms with Crippen LogP contribution in [0.5, 0.6) is 0 Å². The standard InChI is InChI=1S/C40H53FN6O5/c41-35-11-10-29(25-36(42)32-8-4-5-9-33(32)39(43)50)24-34(35)40(51)47-22-20-46(21-23-47)38(49)27-44-16-12-30(13-17-44)52-31-14-18-45(19-15-31)37(48)26-28-6-2-1-3-7-28/h4-5,8-11,24,28,30-31,42H,1-3,6-7,12-23,25-27H2,(H2,43,50). The molecule has 1 aliphatic carbocycles. The number of nitrogens with zero attached hydrogens (tertiary/aromatic N) is 4. The molecule has 4 amide bonds. The van der Waals surface area contributed by atoms with Crippen molar-refractivity contribution < 1.29 is 28.3 Å². The van der Waals surface area contributed by atoms with Crippen molar-refractivity contribution >= 4 is 29.3 Å². The predicted molar refractivity (Wildman–Crippen MR) is 196 cm³/mol. The highest BCUT2D eigenvalue weighted by molar-refractivity contribution is 6.09. The molecule has 3 aliphatic heterocycles. The van der Waals surface area contributed by atoms with Gasteiger partial charge in [0, 0.05) is 82.0 Å². The number of rotatable bonds is 11. The molecule has 3 N–H and O–H groups in total. The lowest BCUT2D eigenvalue weighted by atomic mass is 9.86. The molecule has 0 bridgehead atoms. The van der Waals surface area contributed by atoms with Gasteiger partial charge in [-0.25, -0.2) is 4.39 Å². The van der Waals surface area contributed by atoms with Crippen LogP contribution in [0.25, 0.3) is 0 Å². The maximum Gasteiger partial charge on any atom is 0.256 e. The lowest BCUT2D eigenvalue weighted by Gasteiger charge is -2.38. The molecule has 0 radical (unpaired) electrons. The van der Waals surface area contributed by atoms with Crippen molar-refractivity contribution in [3.63, 3.8) is 0 Å². The van der Waals surface area contributed by atoms with Gasteiger partial charge in [-0.15, -0.1) is 0 Å². The Labute approximate surface area is 306 Å². The number of amides is 4. The van der Waals surface area contributed by atoms with Crippen LogP contribution in [0.1, 0.15) is 96.1 Å². The van der Waals surface area contributed by atoms with Crippen molar-refractivity contribution in [2.75, 3.05) is 58.9 Å². The van der Waals surface area contributed by atoms with Crippen LogP contribution in [0.2, 0.25) is 0 Å². The summed E-state index contributed by atoms with van der Waals surface area (Å²) in [6.07, 6.45) is 10.9. The van der Waals surface area contributed by atoms with Gasteiger partial charge in [0.15, 0.2) is 0 Å². The molecule has 11 nitrogen and oxygen atoms in total. The minimum absolute atomic E-state index is 0.0275. The Kier molecular flexibility index (Phi) is 12.7. The fraction of sp³-hybridized carbons (Fsp3) is 0.575. The second kappa shape index (κ2) is 17.6. The summed E-state index contributed by atoms with van der Waals surface area (Å²) in [6, 6.07) is 10.8. The maximum atomic E-state index is 14.9. The topological polar surface area (TPSA) is 140 Å². The number of nitrogens with one attached hydrogen (secondary N) is 1. The molecule has 52 heavy (non-hydrogen) atoms.